The molecule has 0 aromatic heterocycles. The SMILES string of the molecule is CCS(=O)(=O)NC1CCN(C(=O)NCCC2CCOC(C)C2)CC1. The van der Waals surface area contributed by atoms with Crippen molar-refractivity contribution in [3.63, 3.8) is 0 Å². The van der Waals surface area contributed by atoms with Gasteiger partial charge in [-0.1, -0.05) is 0 Å². The van der Waals surface area contributed by atoms with Crippen molar-refractivity contribution in [2.45, 2.75) is 58.1 Å². The number of sulfonamides is 1. The van der Waals surface area contributed by atoms with Gasteiger partial charge in [-0.2, -0.15) is 0 Å². The highest BCUT2D eigenvalue weighted by Crippen LogP contribution is 2.22. The number of rotatable bonds is 6. The summed E-state index contributed by atoms with van der Waals surface area (Å²) in [7, 11) is -3.17. The van der Waals surface area contributed by atoms with Crippen molar-refractivity contribution in [1.29, 1.82) is 0 Å². The number of amides is 2. The summed E-state index contributed by atoms with van der Waals surface area (Å²) in [6.07, 6.45) is 4.80. The van der Waals surface area contributed by atoms with E-state index in [0.29, 0.717) is 44.5 Å². The van der Waals surface area contributed by atoms with Crippen LogP contribution in [0.25, 0.3) is 0 Å². The Hall–Kier alpha value is -0.860. The summed E-state index contributed by atoms with van der Waals surface area (Å²) in [5.74, 6) is 0.724. The molecule has 0 aromatic rings. The zero-order valence-corrected chi connectivity index (χ0v) is 15.6. The Morgan fingerprint density at radius 1 is 1.25 bits per heavy atom. The molecule has 2 rings (SSSR count). The molecule has 0 saturated carbocycles. The maximum atomic E-state index is 12.2. The number of urea groups is 1. The van der Waals surface area contributed by atoms with Gasteiger partial charge in [0.05, 0.1) is 11.9 Å². The number of hydrogen-bond acceptors (Lipinski definition) is 4. The molecule has 140 valence electrons. The van der Waals surface area contributed by atoms with Crippen LogP contribution in [-0.4, -0.2) is 63.5 Å². The largest absolute Gasteiger partial charge is 0.378 e. The Kier molecular flexibility index (Phi) is 7.31. The molecule has 0 aliphatic carbocycles. The highest BCUT2D eigenvalue weighted by Gasteiger charge is 2.25. The topological polar surface area (TPSA) is 87.7 Å². The van der Waals surface area contributed by atoms with E-state index in [1.807, 2.05) is 0 Å². The third-order valence-corrected chi connectivity index (χ3v) is 6.38. The van der Waals surface area contributed by atoms with Crippen LogP contribution in [0.5, 0.6) is 0 Å². The van der Waals surface area contributed by atoms with Gasteiger partial charge in [0.2, 0.25) is 10.0 Å². The smallest absolute Gasteiger partial charge is 0.317 e. The standard InChI is InChI=1S/C16H31N3O4S/c1-3-24(21,22)18-15-5-9-19(10-6-15)16(20)17-8-4-14-7-11-23-13(2)12-14/h13-15,18H,3-12H2,1-2H3,(H,17,20). The van der Waals surface area contributed by atoms with E-state index in [4.69, 9.17) is 4.74 Å². The molecule has 8 heteroatoms. The number of nitrogens with zero attached hydrogens (tertiary/aromatic N) is 1. The maximum absolute atomic E-state index is 12.2. The summed E-state index contributed by atoms with van der Waals surface area (Å²) in [6.45, 7) is 6.43. The van der Waals surface area contributed by atoms with Crippen molar-refractivity contribution in [2.75, 3.05) is 32.0 Å². The first kappa shape index (κ1) is 19.5. The highest BCUT2D eigenvalue weighted by atomic mass is 32.2. The summed E-state index contributed by atoms with van der Waals surface area (Å²) in [4.78, 5) is 14.0. The maximum Gasteiger partial charge on any atom is 0.317 e. The van der Waals surface area contributed by atoms with Gasteiger partial charge in [0.25, 0.3) is 0 Å². The van der Waals surface area contributed by atoms with Gasteiger partial charge in [-0.25, -0.2) is 17.9 Å². The van der Waals surface area contributed by atoms with E-state index in [0.717, 1.165) is 25.9 Å². The fraction of sp³-hybridized carbons (Fsp3) is 0.938. The van der Waals surface area contributed by atoms with Crippen LogP contribution in [0, 0.1) is 5.92 Å². The molecule has 0 aromatic carbocycles. The van der Waals surface area contributed by atoms with Crippen molar-refractivity contribution in [1.82, 2.24) is 14.9 Å². The van der Waals surface area contributed by atoms with Crippen molar-refractivity contribution in [2.24, 2.45) is 5.92 Å². The molecule has 2 fully saturated rings. The second kappa shape index (κ2) is 9.01. The Labute approximate surface area is 145 Å². The lowest BCUT2D eigenvalue weighted by Crippen LogP contribution is -2.49. The fourth-order valence-electron chi connectivity index (χ4n) is 3.39. The molecule has 2 N–H and O–H groups in total. The first-order valence-corrected chi connectivity index (χ1v) is 10.7. The van der Waals surface area contributed by atoms with E-state index in [9.17, 15) is 13.2 Å². The number of hydrogen-bond donors (Lipinski definition) is 2. The molecule has 2 aliphatic heterocycles. The number of carbonyl (C=O) groups excluding carboxylic acids is 1. The van der Waals surface area contributed by atoms with Gasteiger partial charge in [0, 0.05) is 32.3 Å². The number of likely N-dealkylation sites (tertiary alicyclic amines) is 1. The van der Waals surface area contributed by atoms with Crippen LogP contribution >= 0.6 is 0 Å². The van der Waals surface area contributed by atoms with Crippen LogP contribution in [0.2, 0.25) is 0 Å². The zero-order valence-electron chi connectivity index (χ0n) is 14.8. The monoisotopic (exact) mass is 361 g/mol. The van der Waals surface area contributed by atoms with E-state index in [-0.39, 0.29) is 17.8 Å². The Morgan fingerprint density at radius 2 is 1.96 bits per heavy atom. The molecule has 2 unspecified atom stereocenters. The van der Waals surface area contributed by atoms with E-state index in [1.54, 1.807) is 11.8 Å². The first-order valence-electron chi connectivity index (χ1n) is 9.04. The second-order valence-corrected chi connectivity index (χ2v) is 8.92. The van der Waals surface area contributed by atoms with Crippen LogP contribution in [0.1, 0.15) is 46.0 Å². The van der Waals surface area contributed by atoms with Gasteiger partial charge < -0.3 is 15.0 Å². The lowest BCUT2D eigenvalue weighted by atomic mass is 9.93. The lowest BCUT2D eigenvalue weighted by molar-refractivity contribution is 0.00111. The number of piperidine rings is 1. The molecule has 24 heavy (non-hydrogen) atoms. The first-order chi connectivity index (χ1) is 11.4. The van der Waals surface area contributed by atoms with Gasteiger partial charge in [-0.15, -0.1) is 0 Å². The quantitative estimate of drug-likeness (QED) is 0.746. The van der Waals surface area contributed by atoms with Gasteiger partial charge in [0.1, 0.15) is 0 Å². The molecule has 0 bridgehead atoms. The molecule has 7 nitrogen and oxygen atoms in total. The summed E-state index contributed by atoms with van der Waals surface area (Å²) in [5.41, 5.74) is 0. The normalized spacial score (nSPS) is 26.3. The van der Waals surface area contributed by atoms with Gasteiger partial charge >= 0.3 is 6.03 Å². The molecule has 0 radical (unpaired) electrons. The lowest BCUT2D eigenvalue weighted by Gasteiger charge is -2.32. The minimum absolute atomic E-state index is 0.0353. The van der Waals surface area contributed by atoms with Gasteiger partial charge in [0.15, 0.2) is 0 Å². The predicted molar refractivity (Wildman–Crippen MR) is 93.3 cm³/mol. The molecule has 2 aliphatic rings. The average Bonchev–Trinajstić information content (AvgIpc) is 2.55. The highest BCUT2D eigenvalue weighted by molar-refractivity contribution is 7.89. The number of carbonyl (C=O) groups is 1. The predicted octanol–water partition coefficient (Wildman–Crippen LogP) is 1.30. The van der Waals surface area contributed by atoms with Crippen LogP contribution in [-0.2, 0) is 14.8 Å². The van der Waals surface area contributed by atoms with Crippen LogP contribution in [0.4, 0.5) is 4.79 Å². The fourth-order valence-corrected chi connectivity index (χ4v) is 4.30. The Morgan fingerprint density at radius 3 is 2.58 bits per heavy atom. The van der Waals surface area contributed by atoms with Crippen LogP contribution in [0.3, 0.4) is 0 Å². The van der Waals surface area contributed by atoms with Gasteiger partial charge in [-0.05, 0) is 51.9 Å². The van der Waals surface area contributed by atoms with Crippen molar-refractivity contribution in [3.05, 3.63) is 0 Å². The summed E-state index contributed by atoms with van der Waals surface area (Å²) < 4.78 is 31.4. The molecule has 2 atom stereocenters. The van der Waals surface area contributed by atoms with Crippen molar-refractivity contribution in [3.8, 4) is 0 Å². The number of ether oxygens (including phenoxy) is 1. The molecular formula is C16H31N3O4S. The minimum Gasteiger partial charge on any atom is -0.378 e. The van der Waals surface area contributed by atoms with E-state index in [2.05, 4.69) is 17.0 Å². The summed E-state index contributed by atoms with van der Waals surface area (Å²) in [6, 6.07) is -0.0883. The van der Waals surface area contributed by atoms with Gasteiger partial charge in [-0.3, -0.25) is 0 Å². The molecule has 0 spiro atoms. The second-order valence-electron chi connectivity index (χ2n) is 6.88. The molecule has 2 heterocycles. The summed E-state index contributed by atoms with van der Waals surface area (Å²) >= 11 is 0. The molecule has 2 amide bonds. The third kappa shape index (κ3) is 6.22. The average molecular weight is 362 g/mol. The molecular weight excluding hydrogens is 330 g/mol. The van der Waals surface area contributed by atoms with E-state index < -0.39 is 10.0 Å². The van der Waals surface area contributed by atoms with Crippen LogP contribution in [0.15, 0.2) is 0 Å². The van der Waals surface area contributed by atoms with Crippen molar-refractivity contribution >= 4 is 16.1 Å². The summed E-state index contributed by atoms with van der Waals surface area (Å²) in [5, 5.41) is 3.00. The Bertz CT molecular complexity index is 503. The number of nitrogens with one attached hydrogen (secondary N) is 2. The molecule has 2 saturated heterocycles. The van der Waals surface area contributed by atoms with Crippen molar-refractivity contribution < 1.29 is 17.9 Å². The van der Waals surface area contributed by atoms with E-state index in [1.165, 1.54) is 0 Å². The minimum atomic E-state index is -3.17. The van der Waals surface area contributed by atoms with E-state index >= 15 is 0 Å². The van der Waals surface area contributed by atoms with Crippen LogP contribution < -0.4 is 10.0 Å². The zero-order chi connectivity index (χ0) is 17.6. The Balaban J connectivity index is 1.64. The third-order valence-electron chi connectivity index (χ3n) is 4.93.